The number of hydrogen-bond donors (Lipinski definition) is 1. The Kier molecular flexibility index (Phi) is 2.41. The molecule has 0 aromatic rings. The highest BCUT2D eigenvalue weighted by Gasteiger charge is 2.61. The van der Waals surface area contributed by atoms with Gasteiger partial charge in [0.1, 0.15) is 12.5 Å². The van der Waals surface area contributed by atoms with E-state index >= 15 is 0 Å². The third-order valence-corrected chi connectivity index (χ3v) is 2.66. The number of carboxylic acid groups (broad SMARTS) is 1. The van der Waals surface area contributed by atoms with Gasteiger partial charge in [-0.15, -0.1) is 0 Å². The average molecular weight is 190 g/mol. The largest absolute Gasteiger partial charge is 0.481 e. The lowest BCUT2D eigenvalue weighted by molar-refractivity contribution is -0.139. The number of aliphatic carboxylic acids is 1. The van der Waals surface area contributed by atoms with Gasteiger partial charge in [0.25, 0.3) is 0 Å². The van der Waals surface area contributed by atoms with Crippen LogP contribution in [0.15, 0.2) is 11.9 Å². The summed E-state index contributed by atoms with van der Waals surface area (Å²) in [5.41, 5.74) is -0.446. The van der Waals surface area contributed by atoms with Crippen LogP contribution < -0.4 is 0 Å². The second kappa shape index (κ2) is 3.09. The summed E-state index contributed by atoms with van der Waals surface area (Å²) in [5, 5.41) is 8.70. The van der Waals surface area contributed by atoms with E-state index in [0.29, 0.717) is 0 Å². The molecule has 13 heavy (non-hydrogen) atoms. The van der Waals surface area contributed by atoms with Crippen LogP contribution in [-0.4, -0.2) is 17.8 Å². The van der Waals surface area contributed by atoms with E-state index < -0.39 is 29.8 Å². The summed E-state index contributed by atoms with van der Waals surface area (Å²) in [6, 6.07) is 0. The SMILES string of the molecule is CC1(C)[C@H](C=C(F)CF)[C@H]1C(=O)O. The number of halogens is 2. The summed E-state index contributed by atoms with van der Waals surface area (Å²) in [6.45, 7) is 2.32. The number of allylic oxidation sites excluding steroid dienone is 2. The van der Waals surface area contributed by atoms with E-state index in [1.165, 1.54) is 0 Å². The lowest BCUT2D eigenvalue weighted by Crippen LogP contribution is -2.03. The van der Waals surface area contributed by atoms with Crippen molar-refractivity contribution in [3.63, 3.8) is 0 Å². The first-order chi connectivity index (χ1) is 5.91. The molecule has 4 heteroatoms. The fraction of sp³-hybridized carbons (Fsp3) is 0.667. The van der Waals surface area contributed by atoms with Gasteiger partial charge in [-0.25, -0.2) is 8.78 Å². The molecule has 2 nitrogen and oxygen atoms in total. The molecule has 1 saturated carbocycles. The number of rotatable bonds is 3. The first-order valence-corrected chi connectivity index (χ1v) is 4.06. The smallest absolute Gasteiger partial charge is 0.307 e. The zero-order chi connectivity index (χ0) is 10.2. The summed E-state index contributed by atoms with van der Waals surface area (Å²) in [5.74, 6) is -2.77. The monoisotopic (exact) mass is 190 g/mol. The molecule has 2 atom stereocenters. The van der Waals surface area contributed by atoms with Crippen LogP contribution in [0.3, 0.4) is 0 Å². The van der Waals surface area contributed by atoms with E-state index in [-0.39, 0.29) is 5.92 Å². The Bertz CT molecular complexity index is 258. The first kappa shape index (κ1) is 10.2. The lowest BCUT2D eigenvalue weighted by atomic mass is 10.1. The van der Waals surface area contributed by atoms with Gasteiger partial charge in [-0.2, -0.15) is 0 Å². The van der Waals surface area contributed by atoms with E-state index in [0.717, 1.165) is 6.08 Å². The van der Waals surface area contributed by atoms with Gasteiger partial charge in [0, 0.05) is 0 Å². The standard InChI is InChI=1S/C9H12F2O2/c1-9(2)6(3-5(11)4-10)7(9)8(12)13/h3,6-7H,4H2,1-2H3,(H,12,13)/t6-,7+/m1/s1. The summed E-state index contributed by atoms with van der Waals surface area (Å²) < 4.78 is 24.3. The Morgan fingerprint density at radius 1 is 1.62 bits per heavy atom. The van der Waals surface area contributed by atoms with E-state index in [1.807, 2.05) is 0 Å². The molecule has 74 valence electrons. The molecule has 0 heterocycles. The van der Waals surface area contributed by atoms with Crippen LogP contribution in [0.5, 0.6) is 0 Å². The maximum absolute atomic E-state index is 12.5. The zero-order valence-electron chi connectivity index (χ0n) is 7.55. The summed E-state index contributed by atoms with van der Waals surface area (Å²) in [6.07, 6.45) is 1.08. The van der Waals surface area contributed by atoms with E-state index in [2.05, 4.69) is 0 Å². The Morgan fingerprint density at radius 2 is 2.15 bits per heavy atom. The molecule has 0 aromatic heterocycles. The maximum Gasteiger partial charge on any atom is 0.307 e. The van der Waals surface area contributed by atoms with Crippen LogP contribution in [0.25, 0.3) is 0 Å². The molecule has 0 bridgehead atoms. The van der Waals surface area contributed by atoms with Gasteiger partial charge in [0.15, 0.2) is 0 Å². The predicted molar refractivity (Wildman–Crippen MR) is 43.6 cm³/mol. The topological polar surface area (TPSA) is 37.3 Å². The first-order valence-electron chi connectivity index (χ1n) is 4.06. The minimum absolute atomic E-state index is 0.374. The predicted octanol–water partition coefficient (Wildman–Crippen LogP) is 2.17. The molecule has 1 aliphatic carbocycles. The molecule has 1 N–H and O–H groups in total. The van der Waals surface area contributed by atoms with Crippen LogP contribution in [-0.2, 0) is 4.79 Å². The van der Waals surface area contributed by atoms with Crippen molar-refractivity contribution < 1.29 is 18.7 Å². The van der Waals surface area contributed by atoms with Crippen LogP contribution >= 0.6 is 0 Å². The highest BCUT2D eigenvalue weighted by atomic mass is 19.2. The van der Waals surface area contributed by atoms with E-state index in [4.69, 9.17) is 5.11 Å². The molecule has 1 rings (SSSR count). The molecule has 0 radical (unpaired) electrons. The zero-order valence-corrected chi connectivity index (χ0v) is 7.55. The third-order valence-electron chi connectivity index (χ3n) is 2.66. The van der Waals surface area contributed by atoms with Gasteiger partial charge < -0.3 is 5.11 Å². The van der Waals surface area contributed by atoms with Crippen molar-refractivity contribution in [1.29, 1.82) is 0 Å². The number of carboxylic acids is 1. The van der Waals surface area contributed by atoms with Gasteiger partial charge in [-0.1, -0.05) is 13.8 Å². The fourth-order valence-electron chi connectivity index (χ4n) is 1.70. The van der Waals surface area contributed by atoms with Crippen molar-refractivity contribution in [3.05, 3.63) is 11.9 Å². The lowest BCUT2D eigenvalue weighted by Gasteiger charge is -1.96. The molecule has 0 aliphatic heterocycles. The van der Waals surface area contributed by atoms with Crippen molar-refractivity contribution >= 4 is 5.97 Å². The Hall–Kier alpha value is -0.930. The minimum Gasteiger partial charge on any atom is -0.481 e. The van der Waals surface area contributed by atoms with Crippen LogP contribution in [0, 0.1) is 17.3 Å². The van der Waals surface area contributed by atoms with Crippen molar-refractivity contribution in [2.24, 2.45) is 17.3 Å². The van der Waals surface area contributed by atoms with Crippen LogP contribution in [0.4, 0.5) is 8.78 Å². The molecule has 0 unspecified atom stereocenters. The highest BCUT2D eigenvalue weighted by molar-refractivity contribution is 5.76. The van der Waals surface area contributed by atoms with Crippen molar-refractivity contribution in [2.45, 2.75) is 13.8 Å². The molecule has 1 fully saturated rings. The maximum atomic E-state index is 12.5. The normalized spacial score (nSPS) is 31.5. The Labute approximate surface area is 75.3 Å². The van der Waals surface area contributed by atoms with Gasteiger partial charge in [0.05, 0.1) is 5.92 Å². The van der Waals surface area contributed by atoms with Crippen molar-refractivity contribution in [1.82, 2.24) is 0 Å². The fourth-order valence-corrected chi connectivity index (χ4v) is 1.70. The second-order valence-electron chi connectivity index (χ2n) is 3.91. The van der Waals surface area contributed by atoms with Crippen molar-refractivity contribution in [2.75, 3.05) is 6.67 Å². The van der Waals surface area contributed by atoms with Gasteiger partial charge in [-0.05, 0) is 17.4 Å². The van der Waals surface area contributed by atoms with Crippen LogP contribution in [0.1, 0.15) is 13.8 Å². The molecule has 0 spiro atoms. The summed E-state index contributed by atoms with van der Waals surface area (Å²) >= 11 is 0. The van der Waals surface area contributed by atoms with Crippen LogP contribution in [0.2, 0.25) is 0 Å². The second-order valence-corrected chi connectivity index (χ2v) is 3.91. The molecule has 0 aromatic carbocycles. The highest BCUT2D eigenvalue weighted by Crippen LogP contribution is 2.59. The third kappa shape index (κ3) is 1.71. The number of hydrogen-bond acceptors (Lipinski definition) is 1. The van der Waals surface area contributed by atoms with Gasteiger partial charge in [0.2, 0.25) is 0 Å². The van der Waals surface area contributed by atoms with Crippen molar-refractivity contribution in [3.8, 4) is 0 Å². The van der Waals surface area contributed by atoms with E-state index in [9.17, 15) is 13.6 Å². The number of alkyl halides is 1. The molecule has 0 saturated heterocycles. The van der Waals surface area contributed by atoms with Gasteiger partial charge in [-0.3, -0.25) is 4.79 Å². The number of carbonyl (C=O) groups is 1. The molecular weight excluding hydrogens is 178 g/mol. The Morgan fingerprint density at radius 3 is 2.46 bits per heavy atom. The van der Waals surface area contributed by atoms with E-state index in [1.54, 1.807) is 13.8 Å². The summed E-state index contributed by atoms with van der Waals surface area (Å²) in [4.78, 5) is 10.6. The average Bonchev–Trinajstić information content (AvgIpc) is 2.53. The minimum atomic E-state index is -1.15. The molecule has 0 amide bonds. The quantitative estimate of drug-likeness (QED) is 0.740. The molecular formula is C9H12F2O2. The van der Waals surface area contributed by atoms with Gasteiger partial charge >= 0.3 is 5.97 Å². The summed E-state index contributed by atoms with van der Waals surface area (Å²) in [7, 11) is 0. The molecule has 1 aliphatic rings. The Balaban J connectivity index is 2.71.